The van der Waals surface area contributed by atoms with Crippen molar-refractivity contribution in [1.82, 2.24) is 4.98 Å². The molecular formula is C20H19N3O2. The Balaban J connectivity index is 1.70. The topological polar surface area (TPSA) is 54.5 Å². The fraction of sp³-hybridized carbons (Fsp3) is 0.100. The number of nitrogens with zero attached hydrogens (tertiary/aromatic N) is 2. The summed E-state index contributed by atoms with van der Waals surface area (Å²) in [6.45, 7) is 0.531. The Morgan fingerprint density at radius 3 is 2.52 bits per heavy atom. The summed E-state index contributed by atoms with van der Waals surface area (Å²) < 4.78 is 5.80. The van der Waals surface area contributed by atoms with Crippen LogP contribution in [0.3, 0.4) is 0 Å². The fourth-order valence-corrected chi connectivity index (χ4v) is 2.47. The molecule has 0 atom stereocenters. The Bertz CT molecular complexity index is 820. The van der Waals surface area contributed by atoms with Gasteiger partial charge in [-0.15, -0.1) is 0 Å². The average molecular weight is 333 g/mol. The highest BCUT2D eigenvalue weighted by molar-refractivity contribution is 5.81. The number of aromatic nitrogens is 1. The van der Waals surface area contributed by atoms with E-state index < -0.39 is 0 Å². The molecule has 0 unspecified atom stereocenters. The van der Waals surface area contributed by atoms with E-state index in [0.29, 0.717) is 24.5 Å². The van der Waals surface area contributed by atoms with Gasteiger partial charge < -0.3 is 15.0 Å². The van der Waals surface area contributed by atoms with Crippen LogP contribution in [0.25, 0.3) is 0 Å². The lowest BCUT2D eigenvalue weighted by Crippen LogP contribution is -2.13. The Hall–Kier alpha value is -3.34. The number of pyridine rings is 1. The predicted octanol–water partition coefficient (Wildman–Crippen LogP) is 4.00. The number of ether oxygens (including phenoxy) is 1. The Morgan fingerprint density at radius 1 is 1.04 bits per heavy atom. The maximum absolute atomic E-state index is 10.7. The fourth-order valence-electron chi connectivity index (χ4n) is 2.47. The Labute approximate surface area is 146 Å². The number of nitrogens with one attached hydrogen (secondary N) is 1. The molecule has 0 spiro atoms. The van der Waals surface area contributed by atoms with Gasteiger partial charge in [-0.1, -0.05) is 30.3 Å². The third-order valence-electron chi connectivity index (χ3n) is 3.79. The summed E-state index contributed by atoms with van der Waals surface area (Å²) in [6.07, 6.45) is 2.34. The molecule has 0 aliphatic carbocycles. The van der Waals surface area contributed by atoms with Crippen LogP contribution >= 0.6 is 0 Å². The van der Waals surface area contributed by atoms with Gasteiger partial charge in [0.05, 0.1) is 5.69 Å². The van der Waals surface area contributed by atoms with Gasteiger partial charge in [-0.25, -0.2) is 4.98 Å². The molecule has 1 heterocycles. The van der Waals surface area contributed by atoms with E-state index in [1.807, 2.05) is 72.6 Å². The molecule has 0 bridgehead atoms. The highest BCUT2D eigenvalue weighted by Gasteiger charge is 2.10. The second-order valence-electron chi connectivity index (χ2n) is 5.46. The zero-order valence-electron chi connectivity index (χ0n) is 13.9. The van der Waals surface area contributed by atoms with Crippen LogP contribution in [-0.2, 0) is 11.4 Å². The van der Waals surface area contributed by atoms with E-state index in [4.69, 9.17) is 4.74 Å². The first kappa shape index (κ1) is 16.5. The Morgan fingerprint density at radius 2 is 1.80 bits per heavy atom. The summed E-state index contributed by atoms with van der Waals surface area (Å²) in [5.74, 6) is 1.47. The molecule has 0 aliphatic heterocycles. The average Bonchev–Trinajstić information content (AvgIpc) is 2.68. The highest BCUT2D eigenvalue weighted by Crippen LogP contribution is 2.29. The third-order valence-corrected chi connectivity index (χ3v) is 3.79. The summed E-state index contributed by atoms with van der Waals surface area (Å²) in [7, 11) is 1.90. The van der Waals surface area contributed by atoms with Crippen molar-refractivity contribution in [2.24, 2.45) is 0 Å². The van der Waals surface area contributed by atoms with E-state index in [2.05, 4.69) is 10.3 Å². The van der Waals surface area contributed by atoms with Gasteiger partial charge >= 0.3 is 0 Å². The van der Waals surface area contributed by atoms with Gasteiger partial charge in [0.25, 0.3) is 0 Å². The largest absolute Gasteiger partial charge is 0.489 e. The molecule has 0 saturated carbocycles. The minimum absolute atomic E-state index is 0.531. The van der Waals surface area contributed by atoms with Crippen LogP contribution in [0.1, 0.15) is 5.56 Å². The quantitative estimate of drug-likeness (QED) is 0.664. The van der Waals surface area contributed by atoms with E-state index in [0.717, 1.165) is 17.0 Å². The van der Waals surface area contributed by atoms with Crippen LogP contribution in [0.2, 0.25) is 0 Å². The van der Waals surface area contributed by atoms with E-state index in [1.165, 1.54) is 0 Å². The van der Waals surface area contributed by atoms with Crippen LogP contribution in [0.5, 0.6) is 5.75 Å². The number of carbonyl (C=O) groups excluding carboxylic acids is 1. The van der Waals surface area contributed by atoms with Gasteiger partial charge in [0.2, 0.25) is 6.41 Å². The molecule has 0 aliphatic rings. The summed E-state index contributed by atoms with van der Waals surface area (Å²) >= 11 is 0. The molecule has 0 fully saturated rings. The van der Waals surface area contributed by atoms with Crippen molar-refractivity contribution in [1.29, 1.82) is 0 Å². The highest BCUT2D eigenvalue weighted by atomic mass is 16.5. The first-order valence-electron chi connectivity index (χ1n) is 7.93. The van der Waals surface area contributed by atoms with Crippen LogP contribution < -0.4 is 15.0 Å². The molecule has 0 radical (unpaired) electrons. The molecule has 1 N–H and O–H groups in total. The van der Waals surface area contributed by atoms with E-state index in [9.17, 15) is 4.79 Å². The van der Waals surface area contributed by atoms with Crippen molar-refractivity contribution < 1.29 is 9.53 Å². The van der Waals surface area contributed by atoms with Crippen LogP contribution in [0.15, 0.2) is 72.9 Å². The monoisotopic (exact) mass is 333 g/mol. The van der Waals surface area contributed by atoms with Crippen molar-refractivity contribution in [2.45, 2.75) is 6.61 Å². The van der Waals surface area contributed by atoms with Crippen molar-refractivity contribution in [3.8, 4) is 5.75 Å². The molecule has 25 heavy (non-hydrogen) atoms. The number of benzene rings is 2. The van der Waals surface area contributed by atoms with Gasteiger partial charge in [-0.3, -0.25) is 4.79 Å². The summed E-state index contributed by atoms with van der Waals surface area (Å²) in [6, 6.07) is 21.4. The van der Waals surface area contributed by atoms with Crippen molar-refractivity contribution in [3.63, 3.8) is 0 Å². The van der Waals surface area contributed by atoms with Gasteiger partial charge in [0, 0.05) is 18.9 Å². The second-order valence-corrected chi connectivity index (χ2v) is 5.46. The van der Waals surface area contributed by atoms with Crippen molar-refractivity contribution in [3.05, 3.63) is 78.5 Å². The molecule has 5 heteroatoms. The first-order valence-corrected chi connectivity index (χ1v) is 7.93. The lowest BCUT2D eigenvalue weighted by atomic mass is 10.2. The zero-order chi connectivity index (χ0) is 17.5. The molecule has 3 rings (SSSR count). The predicted molar refractivity (Wildman–Crippen MR) is 99.2 cm³/mol. The molecule has 1 amide bonds. The van der Waals surface area contributed by atoms with Crippen LogP contribution in [0, 0.1) is 0 Å². The van der Waals surface area contributed by atoms with E-state index in [1.54, 1.807) is 12.3 Å². The maximum Gasteiger partial charge on any atom is 0.211 e. The SMILES string of the molecule is CN(c1ccc(OCc2ccccc2)cc1)c1ncccc1NC=O. The van der Waals surface area contributed by atoms with Crippen molar-refractivity contribution >= 4 is 23.6 Å². The molecule has 2 aromatic carbocycles. The lowest BCUT2D eigenvalue weighted by Gasteiger charge is -2.21. The molecule has 1 aromatic heterocycles. The van der Waals surface area contributed by atoms with Gasteiger partial charge in [0.1, 0.15) is 12.4 Å². The van der Waals surface area contributed by atoms with E-state index >= 15 is 0 Å². The van der Waals surface area contributed by atoms with Gasteiger partial charge in [-0.2, -0.15) is 0 Å². The van der Waals surface area contributed by atoms with Gasteiger partial charge in [0.15, 0.2) is 5.82 Å². The number of hydrogen-bond acceptors (Lipinski definition) is 4. The first-order chi connectivity index (χ1) is 12.3. The van der Waals surface area contributed by atoms with Crippen molar-refractivity contribution in [2.75, 3.05) is 17.3 Å². The molecule has 126 valence electrons. The lowest BCUT2D eigenvalue weighted by molar-refractivity contribution is -0.105. The van der Waals surface area contributed by atoms with Gasteiger partial charge in [-0.05, 0) is 42.0 Å². The summed E-state index contributed by atoms with van der Waals surface area (Å²) in [4.78, 5) is 17.0. The number of rotatable bonds is 7. The summed E-state index contributed by atoms with van der Waals surface area (Å²) in [5, 5.41) is 2.67. The normalized spacial score (nSPS) is 10.1. The molecular weight excluding hydrogens is 314 g/mol. The minimum atomic E-state index is 0.531. The molecule has 0 saturated heterocycles. The minimum Gasteiger partial charge on any atom is -0.489 e. The second kappa shape index (κ2) is 7.97. The smallest absolute Gasteiger partial charge is 0.211 e. The van der Waals surface area contributed by atoms with Crippen LogP contribution in [-0.4, -0.2) is 18.4 Å². The number of hydrogen-bond donors (Lipinski definition) is 1. The number of carbonyl (C=O) groups is 1. The Kier molecular flexibility index (Phi) is 5.26. The zero-order valence-corrected chi connectivity index (χ0v) is 13.9. The van der Waals surface area contributed by atoms with Crippen LogP contribution in [0.4, 0.5) is 17.2 Å². The molecule has 3 aromatic rings. The number of amides is 1. The third kappa shape index (κ3) is 4.14. The standard InChI is InChI=1S/C20H19N3O2/c1-23(20-19(22-15-24)8-5-13-21-20)17-9-11-18(12-10-17)25-14-16-6-3-2-4-7-16/h2-13,15H,14H2,1H3,(H,22,24). The molecule has 5 nitrogen and oxygen atoms in total. The number of anilines is 3. The maximum atomic E-state index is 10.7. The summed E-state index contributed by atoms with van der Waals surface area (Å²) in [5.41, 5.74) is 2.73. The van der Waals surface area contributed by atoms with E-state index in [-0.39, 0.29) is 0 Å².